The van der Waals surface area contributed by atoms with Crippen LogP contribution in [0.25, 0.3) is 100 Å². The summed E-state index contributed by atoms with van der Waals surface area (Å²) in [6.07, 6.45) is 9.50. The molecular formula is C47H26BN9. The molecule has 0 N–H and O–H groups in total. The van der Waals surface area contributed by atoms with E-state index < -0.39 is 0 Å². The van der Waals surface area contributed by atoms with Crippen LogP contribution in [0.5, 0.6) is 0 Å². The Balaban J connectivity index is 1.24. The molecule has 10 heterocycles. The highest BCUT2D eigenvalue weighted by Crippen LogP contribution is 2.45. The highest BCUT2D eigenvalue weighted by atomic mass is 15.2. The second-order valence-corrected chi connectivity index (χ2v) is 14.9. The van der Waals surface area contributed by atoms with Gasteiger partial charge in [0.15, 0.2) is 5.82 Å². The van der Waals surface area contributed by atoms with E-state index in [9.17, 15) is 0 Å². The third kappa shape index (κ3) is 3.54. The number of para-hydroxylation sites is 3. The van der Waals surface area contributed by atoms with Gasteiger partial charge in [-0.1, -0.05) is 54.6 Å². The maximum Gasteiger partial charge on any atom is 0.252 e. The summed E-state index contributed by atoms with van der Waals surface area (Å²) < 4.78 is 9.67. The fourth-order valence-electron chi connectivity index (χ4n) is 10.1. The molecule has 8 aromatic heterocycles. The van der Waals surface area contributed by atoms with Crippen LogP contribution in [0.15, 0.2) is 158 Å². The average molecular weight is 728 g/mol. The van der Waals surface area contributed by atoms with Gasteiger partial charge in [0.25, 0.3) is 6.71 Å². The van der Waals surface area contributed by atoms with Crippen molar-refractivity contribution in [1.82, 2.24) is 43.2 Å². The van der Waals surface area contributed by atoms with Crippen molar-refractivity contribution in [2.45, 2.75) is 0 Å². The molecule has 0 bridgehead atoms. The van der Waals surface area contributed by atoms with Crippen LogP contribution in [0.1, 0.15) is 0 Å². The molecule has 2 aliphatic rings. The summed E-state index contributed by atoms with van der Waals surface area (Å²) >= 11 is 0. The molecule has 0 atom stereocenters. The van der Waals surface area contributed by atoms with Crippen molar-refractivity contribution >= 4 is 89.2 Å². The Labute approximate surface area is 323 Å². The first-order valence-corrected chi connectivity index (χ1v) is 19.1. The number of rotatable bonds is 3. The number of pyridine rings is 3. The van der Waals surface area contributed by atoms with Crippen molar-refractivity contribution in [2.24, 2.45) is 0 Å². The van der Waals surface area contributed by atoms with Gasteiger partial charge < -0.3 is 0 Å². The summed E-state index contributed by atoms with van der Waals surface area (Å²) in [6, 6.07) is 45.0. The Morgan fingerprint density at radius 2 is 0.965 bits per heavy atom. The van der Waals surface area contributed by atoms with Gasteiger partial charge in [0.2, 0.25) is 0 Å². The molecule has 0 amide bonds. The van der Waals surface area contributed by atoms with Gasteiger partial charge in [0, 0.05) is 64.7 Å². The lowest BCUT2D eigenvalue weighted by Crippen LogP contribution is -2.59. The van der Waals surface area contributed by atoms with E-state index >= 15 is 0 Å². The van der Waals surface area contributed by atoms with Gasteiger partial charge in [-0.05, 0) is 89.2 Å². The van der Waals surface area contributed by atoms with Gasteiger partial charge in [-0.25, -0.2) is 9.97 Å². The smallest absolute Gasteiger partial charge is 0.252 e. The Morgan fingerprint density at radius 3 is 1.65 bits per heavy atom. The quantitative estimate of drug-likeness (QED) is 0.176. The third-order valence-electron chi connectivity index (χ3n) is 12.2. The number of fused-ring (bicyclic) bond motifs is 14. The Hall–Kier alpha value is -7.85. The van der Waals surface area contributed by atoms with Gasteiger partial charge in [-0.15, -0.1) is 0 Å². The first-order valence-electron chi connectivity index (χ1n) is 19.1. The summed E-state index contributed by atoms with van der Waals surface area (Å²) in [4.78, 5) is 25.1. The number of benzene rings is 4. The van der Waals surface area contributed by atoms with Gasteiger partial charge in [-0.2, -0.15) is 0 Å². The van der Waals surface area contributed by atoms with E-state index in [2.05, 4.69) is 134 Å². The van der Waals surface area contributed by atoms with Gasteiger partial charge in [-0.3, -0.25) is 33.2 Å². The van der Waals surface area contributed by atoms with E-state index in [1.807, 2.05) is 43.1 Å². The monoisotopic (exact) mass is 727 g/mol. The SMILES string of the molecule is c1ccc(-n2c3ccccc3c3c4nccc5c4n(c32)-c2cc(-c3ncccn3)cc3c2B5c2ccnc4c5c6ncccc6n(-c6ccccc6)c5n-3c24)cc1. The number of nitrogens with zero attached hydrogens (tertiary/aromatic N) is 9. The fraction of sp³-hybridized carbons (Fsp3) is 0. The standard InChI is InChI=1S/C47H26BN9/c1-3-11-28(12-4-1)54-33-16-8-7-15-30(33)37-41-43-31(18-23-50-41)48-32-19-24-51-42-38-40-34(17-9-20-49-40)55(29-13-5-2-6-14-29)47(38)57(44(32)42)36-26-27(45-52-21-10-22-53-45)25-35(39(36)48)56(43)46(37)54/h1-26H. The van der Waals surface area contributed by atoms with Crippen molar-refractivity contribution in [2.75, 3.05) is 0 Å². The van der Waals surface area contributed by atoms with E-state index in [1.165, 1.54) is 21.8 Å². The molecular weight excluding hydrogens is 701 g/mol. The molecule has 0 aliphatic carbocycles. The second kappa shape index (κ2) is 10.5. The maximum absolute atomic E-state index is 5.20. The van der Waals surface area contributed by atoms with Crippen LogP contribution in [-0.4, -0.2) is 49.9 Å². The molecule has 9 nitrogen and oxygen atoms in total. The Bertz CT molecular complexity index is 3470. The van der Waals surface area contributed by atoms with Crippen LogP contribution >= 0.6 is 0 Å². The van der Waals surface area contributed by atoms with Crippen molar-refractivity contribution < 1.29 is 0 Å². The molecule has 4 aromatic carbocycles. The molecule has 10 heteroatoms. The van der Waals surface area contributed by atoms with E-state index in [0.29, 0.717) is 5.82 Å². The first-order chi connectivity index (χ1) is 28.3. The largest absolute Gasteiger partial charge is 0.295 e. The van der Waals surface area contributed by atoms with Gasteiger partial charge in [0.05, 0.1) is 43.9 Å². The Kier molecular flexibility index (Phi) is 5.42. The number of aromatic nitrogens is 9. The molecule has 14 rings (SSSR count). The predicted molar refractivity (Wildman–Crippen MR) is 228 cm³/mol. The lowest BCUT2D eigenvalue weighted by atomic mass is 9.34. The molecule has 0 unspecified atom stereocenters. The minimum absolute atomic E-state index is 0.0874. The summed E-state index contributed by atoms with van der Waals surface area (Å²) in [5.41, 5.74) is 18.2. The van der Waals surface area contributed by atoms with Crippen LogP contribution in [0.4, 0.5) is 0 Å². The zero-order chi connectivity index (χ0) is 36.9. The fourth-order valence-corrected chi connectivity index (χ4v) is 10.1. The third-order valence-corrected chi connectivity index (χ3v) is 12.2. The van der Waals surface area contributed by atoms with Crippen LogP contribution in [-0.2, 0) is 0 Å². The molecule has 57 heavy (non-hydrogen) atoms. The maximum atomic E-state index is 5.20. The first kappa shape index (κ1) is 29.5. The van der Waals surface area contributed by atoms with Crippen LogP contribution in [0, 0.1) is 0 Å². The second-order valence-electron chi connectivity index (χ2n) is 14.9. The number of hydrogen-bond donors (Lipinski definition) is 0. The van der Waals surface area contributed by atoms with Crippen molar-refractivity contribution in [3.8, 4) is 34.1 Å². The zero-order valence-electron chi connectivity index (χ0n) is 30.1. The molecule has 0 saturated heterocycles. The van der Waals surface area contributed by atoms with E-state index in [-0.39, 0.29) is 6.71 Å². The van der Waals surface area contributed by atoms with Crippen LogP contribution in [0.2, 0.25) is 0 Å². The molecule has 0 fully saturated rings. The highest BCUT2D eigenvalue weighted by Gasteiger charge is 2.43. The zero-order valence-corrected chi connectivity index (χ0v) is 30.1. The van der Waals surface area contributed by atoms with Crippen LogP contribution in [0.3, 0.4) is 0 Å². The van der Waals surface area contributed by atoms with Crippen LogP contribution < -0.4 is 16.4 Å². The van der Waals surface area contributed by atoms with E-state index in [0.717, 1.165) is 89.0 Å². The summed E-state index contributed by atoms with van der Waals surface area (Å²) in [6.45, 7) is -0.0874. The topological polar surface area (TPSA) is 84.2 Å². The summed E-state index contributed by atoms with van der Waals surface area (Å²) in [5, 5.41) is 3.34. The Morgan fingerprint density at radius 1 is 0.421 bits per heavy atom. The summed E-state index contributed by atoms with van der Waals surface area (Å²) in [5.74, 6) is 0.662. The van der Waals surface area contributed by atoms with Crippen molar-refractivity contribution in [1.29, 1.82) is 0 Å². The lowest BCUT2D eigenvalue weighted by Gasteiger charge is -2.34. The molecule has 0 radical (unpaired) electrons. The van der Waals surface area contributed by atoms with Gasteiger partial charge in [0.1, 0.15) is 16.8 Å². The van der Waals surface area contributed by atoms with E-state index in [4.69, 9.17) is 24.9 Å². The molecule has 262 valence electrons. The van der Waals surface area contributed by atoms with Crippen molar-refractivity contribution in [3.05, 3.63) is 158 Å². The van der Waals surface area contributed by atoms with Crippen molar-refractivity contribution in [3.63, 3.8) is 0 Å². The van der Waals surface area contributed by atoms with E-state index in [1.54, 1.807) is 0 Å². The minimum Gasteiger partial charge on any atom is -0.295 e. The molecule has 0 spiro atoms. The lowest BCUT2D eigenvalue weighted by molar-refractivity contribution is 1.05. The average Bonchev–Trinajstić information content (AvgIpc) is 4.00. The molecule has 12 aromatic rings. The molecule has 0 saturated carbocycles. The molecule has 2 aliphatic heterocycles. The highest BCUT2D eigenvalue weighted by molar-refractivity contribution is 7.00. The number of hydrogen-bond acceptors (Lipinski definition) is 5. The normalized spacial score (nSPS) is 12.9. The summed E-state index contributed by atoms with van der Waals surface area (Å²) in [7, 11) is 0. The van der Waals surface area contributed by atoms with Gasteiger partial charge >= 0.3 is 0 Å². The minimum atomic E-state index is -0.0874. The predicted octanol–water partition coefficient (Wildman–Crippen LogP) is 7.55.